The summed E-state index contributed by atoms with van der Waals surface area (Å²) in [5, 5.41) is 11.7. The largest absolute Gasteiger partial charge is 0.373 e. The smallest absolute Gasteiger partial charge is 0.226 e. The molecule has 0 unspecified atom stereocenters. The number of nitrogens with zero attached hydrogens (tertiary/aromatic N) is 4. The maximum absolute atomic E-state index is 12.7. The Bertz CT molecular complexity index is 707. The lowest BCUT2D eigenvalue weighted by atomic mass is 9.93. The Morgan fingerprint density at radius 1 is 1.50 bits per heavy atom. The molecule has 3 atom stereocenters. The van der Waals surface area contributed by atoms with Crippen molar-refractivity contribution in [2.45, 2.75) is 45.9 Å². The van der Waals surface area contributed by atoms with E-state index in [1.54, 1.807) is 6.20 Å². The predicted molar refractivity (Wildman–Crippen MR) is 89.3 cm³/mol. The number of aromatic nitrogens is 4. The monoisotopic (exact) mass is 331 g/mol. The molecule has 130 valence electrons. The zero-order valence-corrected chi connectivity index (χ0v) is 14.7. The summed E-state index contributed by atoms with van der Waals surface area (Å²) >= 11 is 0. The van der Waals surface area contributed by atoms with Gasteiger partial charge in [0, 0.05) is 43.3 Å². The summed E-state index contributed by atoms with van der Waals surface area (Å²) in [5.41, 5.74) is 3.04. The molecule has 0 aromatic carbocycles. The van der Waals surface area contributed by atoms with E-state index >= 15 is 0 Å². The Balaban J connectivity index is 1.69. The van der Waals surface area contributed by atoms with E-state index in [1.807, 2.05) is 49.4 Å². The number of nitrogens with one attached hydrogen (secondary N) is 1. The fourth-order valence-electron chi connectivity index (χ4n) is 3.43. The number of aryl methyl sites for hydroxylation is 2. The summed E-state index contributed by atoms with van der Waals surface area (Å²) < 4.78 is 9.57. The molecule has 1 aliphatic rings. The van der Waals surface area contributed by atoms with E-state index in [0.717, 1.165) is 23.4 Å². The van der Waals surface area contributed by atoms with Crippen molar-refractivity contribution in [2.75, 3.05) is 6.61 Å². The molecule has 2 aromatic rings. The minimum atomic E-state index is -0.212. The van der Waals surface area contributed by atoms with Gasteiger partial charge >= 0.3 is 0 Å². The summed E-state index contributed by atoms with van der Waals surface area (Å²) in [6.45, 7) is 7.24. The lowest BCUT2D eigenvalue weighted by Crippen LogP contribution is -2.40. The Hall–Kier alpha value is -2.15. The second kappa shape index (κ2) is 6.76. The van der Waals surface area contributed by atoms with Crippen molar-refractivity contribution in [1.82, 2.24) is 24.9 Å². The van der Waals surface area contributed by atoms with Crippen molar-refractivity contribution in [3.05, 3.63) is 35.4 Å². The highest BCUT2D eigenvalue weighted by Gasteiger charge is 2.38. The molecule has 1 fully saturated rings. The maximum atomic E-state index is 12.7. The van der Waals surface area contributed by atoms with Crippen LogP contribution in [0.3, 0.4) is 0 Å². The van der Waals surface area contributed by atoms with Crippen LogP contribution in [0.25, 0.3) is 0 Å². The van der Waals surface area contributed by atoms with Crippen LogP contribution in [0.1, 0.15) is 36.4 Å². The Morgan fingerprint density at radius 3 is 2.92 bits per heavy atom. The van der Waals surface area contributed by atoms with Gasteiger partial charge in [-0.1, -0.05) is 0 Å². The van der Waals surface area contributed by atoms with Crippen molar-refractivity contribution < 1.29 is 9.53 Å². The van der Waals surface area contributed by atoms with Crippen LogP contribution in [0.4, 0.5) is 0 Å². The van der Waals surface area contributed by atoms with Gasteiger partial charge in [-0.05, 0) is 33.3 Å². The van der Waals surface area contributed by atoms with E-state index in [2.05, 4.69) is 15.5 Å². The molecule has 0 spiro atoms. The standard InChI is InChI=1S/C17H25N5O2/c1-11(10-22-8-5-7-18-22)19-17(23)14-6-9-24-16(14)15-12(2)20-21(4)13(15)3/h5,7-8,11,14,16H,6,9-10H2,1-4H3,(H,19,23)/t11-,14-,16-/m0/s1. The van der Waals surface area contributed by atoms with E-state index in [0.29, 0.717) is 13.2 Å². The van der Waals surface area contributed by atoms with Gasteiger partial charge in [-0.2, -0.15) is 10.2 Å². The van der Waals surface area contributed by atoms with E-state index in [-0.39, 0.29) is 24.0 Å². The second-order valence-corrected chi connectivity index (χ2v) is 6.53. The highest BCUT2D eigenvalue weighted by molar-refractivity contribution is 5.80. The molecular weight excluding hydrogens is 306 g/mol. The van der Waals surface area contributed by atoms with E-state index in [9.17, 15) is 4.79 Å². The number of carbonyl (C=O) groups is 1. The molecule has 1 aliphatic heterocycles. The summed E-state index contributed by atoms with van der Waals surface area (Å²) in [4.78, 5) is 12.7. The highest BCUT2D eigenvalue weighted by Crippen LogP contribution is 2.37. The second-order valence-electron chi connectivity index (χ2n) is 6.53. The van der Waals surface area contributed by atoms with Crippen LogP contribution < -0.4 is 5.32 Å². The van der Waals surface area contributed by atoms with Crippen LogP contribution in [-0.2, 0) is 23.1 Å². The van der Waals surface area contributed by atoms with Crippen molar-refractivity contribution in [3.63, 3.8) is 0 Å². The van der Waals surface area contributed by atoms with Gasteiger partial charge in [0.05, 0.1) is 24.3 Å². The minimum absolute atomic E-state index is 0.00902. The average Bonchev–Trinajstić information content (AvgIpc) is 3.22. The topological polar surface area (TPSA) is 74.0 Å². The van der Waals surface area contributed by atoms with Crippen molar-refractivity contribution in [3.8, 4) is 0 Å². The van der Waals surface area contributed by atoms with Crippen LogP contribution in [0.2, 0.25) is 0 Å². The molecule has 0 saturated carbocycles. The molecule has 3 heterocycles. The number of ether oxygens (including phenoxy) is 1. The van der Waals surface area contributed by atoms with Crippen molar-refractivity contribution >= 4 is 5.91 Å². The van der Waals surface area contributed by atoms with Crippen LogP contribution in [0.5, 0.6) is 0 Å². The molecule has 0 bridgehead atoms. The zero-order valence-electron chi connectivity index (χ0n) is 14.7. The molecule has 1 amide bonds. The first kappa shape index (κ1) is 16.7. The molecule has 3 rings (SSSR count). The first-order valence-corrected chi connectivity index (χ1v) is 8.37. The van der Waals surface area contributed by atoms with Gasteiger partial charge in [0.15, 0.2) is 0 Å². The van der Waals surface area contributed by atoms with Gasteiger partial charge in [-0.25, -0.2) is 0 Å². The highest BCUT2D eigenvalue weighted by atomic mass is 16.5. The summed E-state index contributed by atoms with van der Waals surface area (Å²) in [7, 11) is 1.92. The first-order valence-electron chi connectivity index (χ1n) is 8.37. The van der Waals surface area contributed by atoms with E-state index in [1.165, 1.54) is 0 Å². The fourth-order valence-corrected chi connectivity index (χ4v) is 3.43. The summed E-state index contributed by atoms with van der Waals surface area (Å²) in [6.07, 6.45) is 4.16. The molecule has 0 aliphatic carbocycles. The molecule has 7 heteroatoms. The average molecular weight is 331 g/mol. The molecule has 2 aromatic heterocycles. The van der Waals surface area contributed by atoms with Crippen LogP contribution >= 0.6 is 0 Å². The lowest BCUT2D eigenvalue weighted by molar-refractivity contribution is -0.127. The molecule has 1 N–H and O–H groups in total. The number of hydrogen-bond donors (Lipinski definition) is 1. The van der Waals surface area contributed by atoms with Crippen molar-refractivity contribution in [2.24, 2.45) is 13.0 Å². The number of carbonyl (C=O) groups excluding carboxylic acids is 1. The van der Waals surface area contributed by atoms with Gasteiger partial charge < -0.3 is 10.1 Å². The quantitative estimate of drug-likeness (QED) is 0.901. The summed E-state index contributed by atoms with van der Waals surface area (Å²) in [6, 6.07) is 1.89. The van der Waals surface area contributed by atoms with Gasteiger partial charge in [-0.3, -0.25) is 14.2 Å². The van der Waals surface area contributed by atoms with Crippen LogP contribution in [0.15, 0.2) is 18.5 Å². The van der Waals surface area contributed by atoms with Gasteiger partial charge in [-0.15, -0.1) is 0 Å². The van der Waals surface area contributed by atoms with Gasteiger partial charge in [0.1, 0.15) is 0 Å². The molecular formula is C17H25N5O2. The van der Waals surface area contributed by atoms with Crippen molar-refractivity contribution in [1.29, 1.82) is 0 Å². The molecule has 7 nitrogen and oxygen atoms in total. The van der Waals surface area contributed by atoms with Crippen LogP contribution in [-0.4, -0.2) is 38.1 Å². The number of amides is 1. The maximum Gasteiger partial charge on any atom is 0.226 e. The van der Waals surface area contributed by atoms with Gasteiger partial charge in [0.25, 0.3) is 0 Å². The normalized spacial score (nSPS) is 21.8. The van der Waals surface area contributed by atoms with E-state index < -0.39 is 0 Å². The first-order chi connectivity index (χ1) is 11.5. The molecule has 24 heavy (non-hydrogen) atoms. The fraction of sp³-hybridized carbons (Fsp3) is 0.588. The Labute approximate surface area is 142 Å². The number of rotatable bonds is 5. The lowest BCUT2D eigenvalue weighted by Gasteiger charge is -2.21. The Kier molecular flexibility index (Phi) is 4.71. The van der Waals surface area contributed by atoms with E-state index in [4.69, 9.17) is 4.74 Å². The third kappa shape index (κ3) is 3.21. The third-order valence-corrected chi connectivity index (χ3v) is 4.69. The third-order valence-electron chi connectivity index (χ3n) is 4.69. The molecule has 0 radical (unpaired) electrons. The SMILES string of the molecule is Cc1nn(C)c(C)c1[C@H]1OCC[C@@H]1C(=O)N[C@@H](C)Cn1cccn1. The van der Waals surface area contributed by atoms with Gasteiger partial charge in [0.2, 0.25) is 5.91 Å². The summed E-state index contributed by atoms with van der Waals surface area (Å²) in [5.74, 6) is -0.133. The Morgan fingerprint density at radius 2 is 2.29 bits per heavy atom. The predicted octanol–water partition coefficient (Wildman–Crippen LogP) is 1.52. The number of hydrogen-bond acceptors (Lipinski definition) is 4. The molecule has 1 saturated heterocycles. The minimum Gasteiger partial charge on any atom is -0.373 e. The zero-order chi connectivity index (χ0) is 17.3. The van der Waals surface area contributed by atoms with Crippen LogP contribution in [0, 0.1) is 19.8 Å².